The van der Waals surface area contributed by atoms with Crippen molar-refractivity contribution in [3.63, 3.8) is 0 Å². The molecule has 0 aliphatic heterocycles. The number of nitrogens with one attached hydrogen (secondary N) is 2. The van der Waals surface area contributed by atoms with Crippen molar-refractivity contribution in [3.8, 4) is 5.75 Å². The van der Waals surface area contributed by atoms with Crippen LogP contribution < -0.4 is 15.4 Å². The van der Waals surface area contributed by atoms with Gasteiger partial charge in [0.25, 0.3) is 0 Å². The molecule has 0 bridgehead atoms. The number of carbonyl (C=O) groups excluding carboxylic acids is 1. The molecule has 0 atom stereocenters. The van der Waals surface area contributed by atoms with Crippen LogP contribution in [0, 0.1) is 20.8 Å². The van der Waals surface area contributed by atoms with Gasteiger partial charge >= 0.3 is 6.03 Å². The van der Waals surface area contributed by atoms with E-state index in [0.717, 1.165) is 27.8 Å². The SMILES string of the molecule is CNC(=O)NCCc1c(C)c(Br)c(C)c(C)c1OC. The van der Waals surface area contributed by atoms with Gasteiger partial charge in [0.2, 0.25) is 0 Å². The van der Waals surface area contributed by atoms with Crippen LogP contribution >= 0.6 is 15.9 Å². The minimum absolute atomic E-state index is 0.167. The van der Waals surface area contributed by atoms with E-state index in [4.69, 9.17) is 4.74 Å². The van der Waals surface area contributed by atoms with Gasteiger partial charge in [-0.15, -0.1) is 0 Å². The quantitative estimate of drug-likeness (QED) is 0.892. The average molecular weight is 329 g/mol. The van der Waals surface area contributed by atoms with Crippen LogP contribution in [0.3, 0.4) is 0 Å². The molecule has 1 aromatic rings. The van der Waals surface area contributed by atoms with Crippen LogP contribution in [0.4, 0.5) is 4.79 Å². The van der Waals surface area contributed by atoms with Gasteiger partial charge in [-0.1, -0.05) is 15.9 Å². The Bertz CT molecular complexity index is 487. The van der Waals surface area contributed by atoms with Crippen LogP contribution in [0.25, 0.3) is 0 Å². The van der Waals surface area contributed by atoms with Crippen molar-refractivity contribution in [1.82, 2.24) is 10.6 Å². The number of amides is 2. The maximum atomic E-state index is 11.2. The highest BCUT2D eigenvalue weighted by atomic mass is 79.9. The second-order valence-electron chi connectivity index (χ2n) is 4.46. The van der Waals surface area contributed by atoms with Gasteiger partial charge in [-0.3, -0.25) is 0 Å². The Morgan fingerprint density at radius 2 is 1.84 bits per heavy atom. The molecule has 0 aliphatic rings. The largest absolute Gasteiger partial charge is 0.496 e. The van der Waals surface area contributed by atoms with E-state index in [1.165, 1.54) is 11.1 Å². The summed E-state index contributed by atoms with van der Waals surface area (Å²) in [6, 6.07) is -0.167. The molecule has 1 rings (SSSR count). The van der Waals surface area contributed by atoms with Crippen molar-refractivity contribution >= 4 is 22.0 Å². The van der Waals surface area contributed by atoms with Gasteiger partial charge < -0.3 is 15.4 Å². The molecule has 0 saturated heterocycles. The summed E-state index contributed by atoms with van der Waals surface area (Å²) in [7, 11) is 3.29. The zero-order valence-electron chi connectivity index (χ0n) is 12.1. The third-order valence-electron chi connectivity index (χ3n) is 3.38. The number of benzene rings is 1. The minimum Gasteiger partial charge on any atom is -0.496 e. The first-order chi connectivity index (χ1) is 8.93. The lowest BCUT2D eigenvalue weighted by atomic mass is 9.97. The van der Waals surface area contributed by atoms with Crippen molar-refractivity contribution in [3.05, 3.63) is 26.7 Å². The number of halogens is 1. The van der Waals surface area contributed by atoms with E-state index in [-0.39, 0.29) is 6.03 Å². The Hall–Kier alpha value is -1.23. The number of carbonyl (C=O) groups is 1. The molecule has 1 aromatic carbocycles. The fourth-order valence-corrected chi connectivity index (χ4v) is 2.65. The summed E-state index contributed by atoms with van der Waals surface area (Å²) in [4.78, 5) is 11.2. The van der Waals surface area contributed by atoms with Crippen molar-refractivity contribution in [2.24, 2.45) is 0 Å². The standard InChI is InChI=1S/C14H21BrN2O2/c1-8-9(2)13(19-5)11(10(3)12(8)15)6-7-17-14(18)16-4/h6-7H2,1-5H3,(H2,16,17,18). The lowest BCUT2D eigenvalue weighted by Gasteiger charge is -2.19. The molecule has 0 unspecified atom stereocenters. The lowest BCUT2D eigenvalue weighted by Crippen LogP contribution is -2.34. The van der Waals surface area contributed by atoms with E-state index in [1.807, 2.05) is 6.92 Å². The molecule has 0 fully saturated rings. The van der Waals surface area contributed by atoms with E-state index >= 15 is 0 Å². The topological polar surface area (TPSA) is 50.4 Å². The number of rotatable bonds is 4. The molecule has 4 nitrogen and oxygen atoms in total. The smallest absolute Gasteiger partial charge is 0.314 e. The summed E-state index contributed by atoms with van der Waals surface area (Å²) in [5.74, 6) is 0.914. The van der Waals surface area contributed by atoms with Gasteiger partial charge in [-0.05, 0) is 43.9 Å². The molecule has 0 radical (unpaired) electrons. The molecular formula is C14H21BrN2O2. The zero-order chi connectivity index (χ0) is 14.6. The minimum atomic E-state index is -0.167. The number of ether oxygens (including phenoxy) is 1. The van der Waals surface area contributed by atoms with Crippen LogP contribution in [0.5, 0.6) is 5.75 Å². The van der Waals surface area contributed by atoms with Crippen LogP contribution in [-0.2, 0) is 6.42 Å². The zero-order valence-corrected chi connectivity index (χ0v) is 13.7. The molecular weight excluding hydrogens is 308 g/mol. The Balaban J connectivity index is 3.02. The highest BCUT2D eigenvalue weighted by Gasteiger charge is 2.16. The molecule has 19 heavy (non-hydrogen) atoms. The molecule has 5 heteroatoms. The second-order valence-corrected chi connectivity index (χ2v) is 5.25. The lowest BCUT2D eigenvalue weighted by molar-refractivity contribution is 0.243. The van der Waals surface area contributed by atoms with E-state index < -0.39 is 0 Å². The Morgan fingerprint density at radius 3 is 2.37 bits per heavy atom. The summed E-state index contributed by atoms with van der Waals surface area (Å²) in [5.41, 5.74) is 4.62. The molecule has 0 aromatic heterocycles. The van der Waals surface area contributed by atoms with Crippen molar-refractivity contribution < 1.29 is 9.53 Å². The van der Waals surface area contributed by atoms with Crippen molar-refractivity contribution in [2.45, 2.75) is 27.2 Å². The third-order valence-corrected chi connectivity index (χ3v) is 4.57. The number of hydrogen-bond acceptors (Lipinski definition) is 2. The maximum absolute atomic E-state index is 11.2. The van der Waals surface area contributed by atoms with Crippen LogP contribution in [0.15, 0.2) is 4.47 Å². The molecule has 0 spiro atoms. The van der Waals surface area contributed by atoms with Crippen molar-refractivity contribution in [1.29, 1.82) is 0 Å². The second kappa shape index (κ2) is 6.80. The molecule has 0 heterocycles. The normalized spacial score (nSPS) is 10.2. The Labute approximate surface area is 123 Å². The summed E-state index contributed by atoms with van der Waals surface area (Å²) in [6.07, 6.45) is 0.738. The van der Waals surface area contributed by atoms with Crippen LogP contribution in [0.2, 0.25) is 0 Å². The average Bonchev–Trinajstić information content (AvgIpc) is 2.41. The predicted octanol–water partition coefficient (Wildman–Crippen LogP) is 2.85. The van der Waals surface area contributed by atoms with Gasteiger partial charge in [0.1, 0.15) is 5.75 Å². The van der Waals surface area contributed by atoms with Crippen LogP contribution in [0.1, 0.15) is 22.3 Å². The van der Waals surface area contributed by atoms with E-state index in [0.29, 0.717) is 6.54 Å². The fraction of sp³-hybridized carbons (Fsp3) is 0.500. The van der Waals surface area contributed by atoms with Gasteiger partial charge in [0.15, 0.2) is 0 Å². The van der Waals surface area contributed by atoms with Crippen molar-refractivity contribution in [2.75, 3.05) is 20.7 Å². The van der Waals surface area contributed by atoms with E-state index in [9.17, 15) is 4.79 Å². The molecule has 2 N–H and O–H groups in total. The number of methoxy groups -OCH3 is 1. The van der Waals surface area contributed by atoms with Gasteiger partial charge in [0, 0.05) is 23.6 Å². The number of hydrogen-bond donors (Lipinski definition) is 2. The van der Waals surface area contributed by atoms with Gasteiger partial charge in [-0.25, -0.2) is 4.79 Å². The molecule has 0 aliphatic carbocycles. The highest BCUT2D eigenvalue weighted by Crippen LogP contribution is 2.36. The first-order valence-electron chi connectivity index (χ1n) is 6.21. The predicted molar refractivity (Wildman–Crippen MR) is 81.1 cm³/mol. The van der Waals surface area contributed by atoms with E-state index in [1.54, 1.807) is 14.2 Å². The Kier molecular flexibility index (Phi) is 5.66. The summed E-state index contributed by atoms with van der Waals surface area (Å²) < 4.78 is 6.64. The monoisotopic (exact) mass is 328 g/mol. The maximum Gasteiger partial charge on any atom is 0.314 e. The third kappa shape index (κ3) is 3.41. The molecule has 0 saturated carbocycles. The molecule has 106 valence electrons. The Morgan fingerprint density at radius 1 is 1.21 bits per heavy atom. The highest BCUT2D eigenvalue weighted by molar-refractivity contribution is 9.10. The number of urea groups is 1. The van der Waals surface area contributed by atoms with Crippen LogP contribution in [-0.4, -0.2) is 26.7 Å². The summed E-state index contributed by atoms with van der Waals surface area (Å²) in [6.45, 7) is 6.76. The van der Waals surface area contributed by atoms with Gasteiger partial charge in [0.05, 0.1) is 7.11 Å². The summed E-state index contributed by atoms with van der Waals surface area (Å²) >= 11 is 3.62. The fourth-order valence-electron chi connectivity index (χ4n) is 2.11. The van der Waals surface area contributed by atoms with E-state index in [2.05, 4.69) is 40.4 Å². The summed E-state index contributed by atoms with van der Waals surface area (Å²) in [5, 5.41) is 5.33. The molecule has 2 amide bonds. The first-order valence-corrected chi connectivity index (χ1v) is 7.01. The first kappa shape index (κ1) is 15.8. The van der Waals surface area contributed by atoms with Gasteiger partial charge in [-0.2, -0.15) is 0 Å².